The van der Waals surface area contributed by atoms with Gasteiger partial charge in [0, 0.05) is 17.5 Å². The van der Waals surface area contributed by atoms with Gasteiger partial charge < -0.3 is 15.5 Å². The van der Waals surface area contributed by atoms with E-state index in [-0.39, 0.29) is 17.0 Å². The summed E-state index contributed by atoms with van der Waals surface area (Å²) < 4.78 is 108. The summed E-state index contributed by atoms with van der Waals surface area (Å²) in [6.07, 6.45) is -14.0. The number of nitrogens with zero attached hydrogens (tertiary/aromatic N) is 3. The molecule has 0 bridgehead atoms. The molecule has 0 fully saturated rings. The zero-order valence-electron chi connectivity index (χ0n) is 22.3. The summed E-state index contributed by atoms with van der Waals surface area (Å²) in [5.74, 6) is -5.24. The summed E-state index contributed by atoms with van der Waals surface area (Å²) in [7, 11) is 0. The molecule has 2 rings (SSSR count). The Balaban J connectivity index is 2.54. The minimum atomic E-state index is -5.32. The fourth-order valence-corrected chi connectivity index (χ4v) is 3.75. The Labute approximate surface area is 238 Å². The van der Waals surface area contributed by atoms with Crippen LogP contribution in [0.25, 0.3) is 5.57 Å². The minimum Gasteiger partial charge on any atom is -0.382 e. The van der Waals surface area contributed by atoms with Gasteiger partial charge in [-0.05, 0) is 36.6 Å². The summed E-state index contributed by atoms with van der Waals surface area (Å²) in [6.45, 7) is 1.05. The lowest BCUT2D eigenvalue weighted by Crippen LogP contribution is -2.45. The van der Waals surface area contributed by atoms with E-state index in [2.05, 4.69) is 5.10 Å². The first-order valence-electron chi connectivity index (χ1n) is 12.1. The normalized spacial score (nSPS) is 15.9. The highest BCUT2D eigenvalue weighted by atomic mass is 35.5. The molecule has 1 amide bonds. The summed E-state index contributed by atoms with van der Waals surface area (Å²) in [5, 5.41) is 25.4. The van der Waals surface area contributed by atoms with Gasteiger partial charge in [-0.3, -0.25) is 9.36 Å². The summed E-state index contributed by atoms with van der Waals surface area (Å²) >= 11 is 5.79. The number of benzene rings is 1. The van der Waals surface area contributed by atoms with Gasteiger partial charge in [-0.2, -0.15) is 26.3 Å². The largest absolute Gasteiger partial charge is 0.416 e. The minimum absolute atomic E-state index is 0.0870. The van der Waals surface area contributed by atoms with Crippen molar-refractivity contribution in [3.63, 3.8) is 0 Å². The number of amides is 1. The molecule has 0 aliphatic heterocycles. The molecular weight excluding hydrogens is 608 g/mol. The summed E-state index contributed by atoms with van der Waals surface area (Å²) in [4.78, 5) is 25.8. The molecule has 234 valence electrons. The van der Waals surface area contributed by atoms with Crippen LogP contribution in [0.4, 0.5) is 35.1 Å². The van der Waals surface area contributed by atoms with Gasteiger partial charge in [-0.25, -0.2) is 18.3 Å². The van der Waals surface area contributed by atoms with Gasteiger partial charge in [0.15, 0.2) is 18.0 Å². The van der Waals surface area contributed by atoms with E-state index in [9.17, 15) is 54.9 Å². The number of halogens is 9. The SMILES string of the molecule is CCC(=CC=C(C)Cl)c1nn(CC(=O)NC(c2cccc(C(C)(F)F)c2)C(O)C(F)(F)F)c(=O)n1CC(O)C(F)(F)F. The van der Waals surface area contributed by atoms with E-state index in [0.717, 1.165) is 18.2 Å². The number of carbonyl (C=O) groups excluding carboxylic acids is 1. The summed E-state index contributed by atoms with van der Waals surface area (Å²) in [6, 6.07) is 1.21. The van der Waals surface area contributed by atoms with Crippen molar-refractivity contribution in [2.75, 3.05) is 0 Å². The van der Waals surface area contributed by atoms with Crippen molar-refractivity contribution in [1.82, 2.24) is 19.7 Å². The first-order chi connectivity index (χ1) is 19.2. The van der Waals surface area contributed by atoms with E-state index in [4.69, 9.17) is 11.6 Å². The number of nitrogens with one attached hydrogen (secondary N) is 1. The number of allylic oxidation sites excluding steroid dienone is 4. The number of alkyl halides is 8. The van der Waals surface area contributed by atoms with E-state index < -0.39 is 78.2 Å². The number of hydrogen-bond donors (Lipinski definition) is 3. The highest BCUT2D eigenvalue weighted by Crippen LogP contribution is 2.33. The van der Waals surface area contributed by atoms with E-state index in [0.29, 0.717) is 22.2 Å². The number of aromatic nitrogens is 3. The predicted molar refractivity (Wildman–Crippen MR) is 135 cm³/mol. The fourth-order valence-electron chi connectivity index (χ4n) is 3.68. The van der Waals surface area contributed by atoms with Gasteiger partial charge in [0.25, 0.3) is 5.92 Å². The second kappa shape index (κ2) is 13.4. The molecule has 17 heteroatoms. The topological polar surface area (TPSA) is 109 Å². The molecule has 1 heterocycles. The van der Waals surface area contributed by atoms with Gasteiger partial charge >= 0.3 is 18.0 Å². The van der Waals surface area contributed by atoms with Gasteiger partial charge in [0.2, 0.25) is 5.91 Å². The molecule has 3 atom stereocenters. The van der Waals surface area contributed by atoms with Crippen molar-refractivity contribution in [2.24, 2.45) is 0 Å². The predicted octanol–water partition coefficient (Wildman–Crippen LogP) is 4.80. The molecule has 0 saturated heterocycles. The average Bonchev–Trinajstić information content (AvgIpc) is 3.15. The average molecular weight is 635 g/mol. The number of aliphatic hydroxyl groups excluding tert-OH is 2. The van der Waals surface area contributed by atoms with Crippen LogP contribution < -0.4 is 11.0 Å². The number of rotatable bonds is 11. The first-order valence-corrected chi connectivity index (χ1v) is 12.5. The molecule has 8 nitrogen and oxygen atoms in total. The lowest BCUT2D eigenvalue weighted by Gasteiger charge is -2.27. The van der Waals surface area contributed by atoms with Crippen LogP contribution in [0.3, 0.4) is 0 Å². The third kappa shape index (κ3) is 9.13. The highest BCUT2D eigenvalue weighted by molar-refractivity contribution is 6.29. The third-order valence-corrected chi connectivity index (χ3v) is 5.98. The van der Waals surface area contributed by atoms with Crippen LogP contribution in [0.2, 0.25) is 0 Å². The second-order valence-corrected chi connectivity index (χ2v) is 9.87. The monoisotopic (exact) mass is 634 g/mol. The molecule has 3 unspecified atom stereocenters. The molecule has 1 aromatic carbocycles. The smallest absolute Gasteiger partial charge is 0.382 e. The Morgan fingerprint density at radius 1 is 1.10 bits per heavy atom. The molecule has 1 aromatic heterocycles. The van der Waals surface area contributed by atoms with E-state index in [1.807, 2.05) is 5.32 Å². The van der Waals surface area contributed by atoms with Gasteiger partial charge in [0.05, 0.1) is 12.6 Å². The lowest BCUT2D eigenvalue weighted by molar-refractivity contribution is -0.213. The van der Waals surface area contributed by atoms with Crippen LogP contribution in [0.1, 0.15) is 50.2 Å². The second-order valence-electron chi connectivity index (χ2n) is 9.28. The molecule has 0 aliphatic carbocycles. The van der Waals surface area contributed by atoms with Crippen LogP contribution in [0.5, 0.6) is 0 Å². The standard InChI is InChI=1S/C25H27ClF8N4O4/c1-4-14(9-8-13(2)26)21-36-38(22(42)37(21)11-17(39)24(29,30)31)12-18(40)35-19(20(41)25(32,33)34)15-6-5-7-16(10-15)23(3,27)28/h5-10,17,19-20,39,41H,4,11-12H2,1-3H3,(H,35,40). The molecule has 0 radical (unpaired) electrons. The molecular formula is C25H27ClF8N4O4. The Hall–Kier alpha value is -3.24. The maximum atomic E-state index is 13.8. The maximum Gasteiger partial charge on any atom is 0.416 e. The van der Waals surface area contributed by atoms with Gasteiger partial charge in [-0.15, -0.1) is 5.10 Å². The van der Waals surface area contributed by atoms with Crippen molar-refractivity contribution in [3.05, 3.63) is 68.9 Å². The maximum absolute atomic E-state index is 13.8. The third-order valence-electron chi connectivity index (χ3n) is 5.85. The van der Waals surface area contributed by atoms with E-state index in [1.54, 1.807) is 6.92 Å². The van der Waals surface area contributed by atoms with Crippen LogP contribution in [0, 0.1) is 0 Å². The van der Waals surface area contributed by atoms with Gasteiger partial charge in [0.1, 0.15) is 6.54 Å². The lowest BCUT2D eigenvalue weighted by atomic mass is 9.97. The first kappa shape index (κ1) is 35.0. The van der Waals surface area contributed by atoms with Crippen LogP contribution in [0.15, 0.2) is 46.2 Å². The molecule has 42 heavy (non-hydrogen) atoms. The Kier molecular flexibility index (Phi) is 11.1. The molecule has 0 aliphatic rings. The van der Waals surface area contributed by atoms with Crippen molar-refractivity contribution >= 4 is 23.1 Å². The van der Waals surface area contributed by atoms with Crippen LogP contribution in [-0.4, -0.2) is 55.0 Å². The van der Waals surface area contributed by atoms with Crippen molar-refractivity contribution in [1.29, 1.82) is 0 Å². The number of aliphatic hydroxyl groups is 2. The zero-order chi connectivity index (χ0) is 32.2. The number of carbonyl (C=O) groups is 1. The Bertz CT molecular complexity index is 1370. The van der Waals surface area contributed by atoms with Gasteiger partial charge in [-0.1, -0.05) is 42.8 Å². The highest BCUT2D eigenvalue weighted by Gasteiger charge is 2.45. The molecule has 0 saturated carbocycles. The molecule has 2 aromatic rings. The van der Waals surface area contributed by atoms with E-state index in [1.165, 1.54) is 19.1 Å². The Morgan fingerprint density at radius 2 is 1.71 bits per heavy atom. The Morgan fingerprint density at radius 3 is 2.21 bits per heavy atom. The molecule has 0 spiro atoms. The quantitative estimate of drug-likeness (QED) is 0.243. The fraction of sp³-hybridized carbons (Fsp3) is 0.480. The van der Waals surface area contributed by atoms with Crippen molar-refractivity contribution in [3.8, 4) is 0 Å². The van der Waals surface area contributed by atoms with Crippen molar-refractivity contribution < 1.29 is 50.1 Å². The summed E-state index contributed by atoms with van der Waals surface area (Å²) in [5.41, 5.74) is -2.42. The number of hydrogen-bond acceptors (Lipinski definition) is 5. The van der Waals surface area contributed by atoms with E-state index >= 15 is 0 Å². The molecule has 3 N–H and O–H groups in total. The zero-order valence-corrected chi connectivity index (χ0v) is 23.0. The van der Waals surface area contributed by atoms with Crippen LogP contribution in [-0.2, 0) is 23.8 Å². The van der Waals surface area contributed by atoms with Crippen LogP contribution >= 0.6 is 11.6 Å². The van der Waals surface area contributed by atoms with Crippen molar-refractivity contribution in [2.45, 2.75) is 76.8 Å².